The number of carbonyl (C=O) groups excluding carboxylic acids is 2. The summed E-state index contributed by atoms with van der Waals surface area (Å²) in [5, 5.41) is 12.5. The average molecular weight is 477 g/mol. The fourth-order valence-electron chi connectivity index (χ4n) is 6.21. The van der Waals surface area contributed by atoms with Crippen LogP contribution in [-0.2, 0) is 14.3 Å². The zero-order valence-corrected chi connectivity index (χ0v) is 20.0. The van der Waals surface area contributed by atoms with Gasteiger partial charge in [0.25, 0.3) is 0 Å². The number of nitrogens with one attached hydrogen (secondary N) is 1. The van der Waals surface area contributed by atoms with E-state index in [-0.39, 0.29) is 30.3 Å². The normalized spacial score (nSPS) is 25.2. The maximum absolute atomic E-state index is 13.3. The summed E-state index contributed by atoms with van der Waals surface area (Å²) in [6.07, 6.45) is 3.14. The van der Waals surface area contributed by atoms with Crippen molar-refractivity contribution in [2.24, 2.45) is 11.8 Å². The Morgan fingerprint density at radius 3 is 2.34 bits per heavy atom. The number of aliphatic carboxylic acids is 1. The smallest absolute Gasteiger partial charge is 0.407 e. The minimum absolute atomic E-state index is 0.00202. The zero-order chi connectivity index (χ0) is 24.6. The second-order valence-corrected chi connectivity index (χ2v) is 10.2. The molecule has 184 valence electrons. The van der Waals surface area contributed by atoms with E-state index in [9.17, 15) is 19.5 Å². The molecule has 2 aliphatic carbocycles. The molecule has 0 spiro atoms. The first-order valence-corrected chi connectivity index (χ1v) is 12.5. The van der Waals surface area contributed by atoms with E-state index in [0.29, 0.717) is 25.9 Å². The van der Waals surface area contributed by atoms with E-state index in [1.165, 1.54) is 11.1 Å². The van der Waals surface area contributed by atoms with Crippen molar-refractivity contribution in [3.63, 3.8) is 0 Å². The minimum atomic E-state index is -1.13. The molecule has 1 saturated heterocycles. The van der Waals surface area contributed by atoms with Crippen LogP contribution in [0.3, 0.4) is 0 Å². The first-order valence-electron chi connectivity index (χ1n) is 12.5. The molecule has 2 N–H and O–H groups in total. The molecule has 3 atom stereocenters. The minimum Gasteiger partial charge on any atom is -0.480 e. The lowest BCUT2D eigenvalue weighted by molar-refractivity contribution is -0.157. The van der Waals surface area contributed by atoms with Crippen LogP contribution in [-0.4, -0.2) is 53.2 Å². The highest BCUT2D eigenvalue weighted by Crippen LogP contribution is 2.44. The summed E-state index contributed by atoms with van der Waals surface area (Å²) in [7, 11) is 0. The van der Waals surface area contributed by atoms with Crippen LogP contribution in [0, 0.1) is 11.8 Å². The summed E-state index contributed by atoms with van der Waals surface area (Å²) >= 11 is 0. The molecule has 0 bridgehead atoms. The Bertz CT molecular complexity index is 1100. The van der Waals surface area contributed by atoms with Crippen molar-refractivity contribution in [3.8, 4) is 11.1 Å². The molecule has 2 amide bonds. The highest BCUT2D eigenvalue weighted by atomic mass is 16.5. The molecule has 2 unspecified atom stereocenters. The van der Waals surface area contributed by atoms with Crippen molar-refractivity contribution in [2.45, 2.75) is 50.5 Å². The number of hydrogen-bond acceptors (Lipinski definition) is 4. The standard InChI is InChI=1S/C28H32N2O5/c1-28(26(32)33)14-7-15-30(28)25(31)19-13-6-8-18(19)16-29-27(34)35-17-24-22-11-4-2-9-20(22)21-10-3-5-12-23(21)24/h2-5,9-12,18-19,24H,6-8,13-17H2,1H3,(H,29,34)(H,32,33)/t18?,19?,28-/m1/s1. The van der Waals surface area contributed by atoms with Crippen LogP contribution in [0.2, 0.25) is 0 Å². The van der Waals surface area contributed by atoms with E-state index in [4.69, 9.17) is 4.74 Å². The van der Waals surface area contributed by atoms with Crippen molar-refractivity contribution < 1.29 is 24.2 Å². The number of hydrogen-bond donors (Lipinski definition) is 2. The van der Waals surface area contributed by atoms with Crippen molar-refractivity contribution in [1.82, 2.24) is 10.2 Å². The number of amides is 2. The summed E-state index contributed by atoms with van der Waals surface area (Å²) in [6, 6.07) is 16.4. The Labute approximate surface area is 205 Å². The lowest BCUT2D eigenvalue weighted by Gasteiger charge is -2.34. The van der Waals surface area contributed by atoms with Gasteiger partial charge in [-0.25, -0.2) is 9.59 Å². The largest absolute Gasteiger partial charge is 0.480 e. The van der Waals surface area contributed by atoms with Crippen molar-refractivity contribution >= 4 is 18.0 Å². The molecular weight excluding hydrogens is 444 g/mol. The van der Waals surface area contributed by atoms with Crippen LogP contribution in [0.1, 0.15) is 56.1 Å². The number of carboxylic acid groups (broad SMARTS) is 1. The Hall–Kier alpha value is -3.35. The van der Waals surface area contributed by atoms with Gasteiger partial charge in [-0.2, -0.15) is 0 Å². The van der Waals surface area contributed by atoms with Crippen molar-refractivity contribution in [1.29, 1.82) is 0 Å². The molecule has 35 heavy (non-hydrogen) atoms. The second-order valence-electron chi connectivity index (χ2n) is 10.2. The first kappa shape index (κ1) is 23.4. The van der Waals surface area contributed by atoms with Crippen LogP contribution in [0.25, 0.3) is 11.1 Å². The molecule has 5 rings (SSSR count). The fraction of sp³-hybridized carbons (Fsp3) is 0.464. The third-order valence-electron chi connectivity index (χ3n) is 8.20. The SMILES string of the molecule is C[C@]1(C(=O)O)CCCN1C(=O)C1CCCC1CNC(=O)OCC1c2ccccc2-c2ccccc21. The predicted molar refractivity (Wildman–Crippen MR) is 131 cm³/mol. The average Bonchev–Trinajstić information content (AvgIpc) is 3.57. The number of carboxylic acids is 1. The lowest BCUT2D eigenvalue weighted by atomic mass is 9.92. The Kier molecular flexibility index (Phi) is 6.26. The van der Waals surface area contributed by atoms with Crippen LogP contribution in [0.5, 0.6) is 0 Å². The molecule has 2 aromatic rings. The summed E-state index contributed by atoms with van der Waals surface area (Å²) in [6.45, 7) is 2.71. The molecule has 0 aromatic heterocycles. The number of fused-ring (bicyclic) bond motifs is 3. The number of alkyl carbamates (subject to hydrolysis) is 1. The Morgan fingerprint density at radius 2 is 1.69 bits per heavy atom. The maximum atomic E-state index is 13.3. The van der Waals surface area contributed by atoms with Gasteiger partial charge in [0.2, 0.25) is 5.91 Å². The number of benzene rings is 2. The molecule has 0 radical (unpaired) electrons. The van der Waals surface area contributed by atoms with Crippen LogP contribution < -0.4 is 5.32 Å². The van der Waals surface area contributed by atoms with E-state index in [1.807, 2.05) is 24.3 Å². The number of nitrogens with zero attached hydrogens (tertiary/aromatic N) is 1. The highest BCUT2D eigenvalue weighted by Gasteiger charge is 2.49. The van der Waals surface area contributed by atoms with E-state index < -0.39 is 17.6 Å². The monoisotopic (exact) mass is 476 g/mol. The molecule has 1 aliphatic heterocycles. The van der Waals surface area contributed by atoms with Crippen molar-refractivity contribution in [2.75, 3.05) is 19.7 Å². The van der Waals surface area contributed by atoms with E-state index >= 15 is 0 Å². The molecule has 1 saturated carbocycles. The van der Waals surface area contributed by atoms with Gasteiger partial charge in [-0.3, -0.25) is 4.79 Å². The number of rotatable bonds is 6. The Balaban J connectivity index is 1.18. The summed E-state index contributed by atoms with van der Waals surface area (Å²) in [5.41, 5.74) is 3.55. The predicted octanol–water partition coefficient (Wildman–Crippen LogP) is 4.41. The molecule has 7 heteroatoms. The van der Waals surface area contributed by atoms with Gasteiger partial charge in [-0.05, 0) is 60.8 Å². The van der Waals surface area contributed by atoms with Gasteiger partial charge < -0.3 is 20.1 Å². The van der Waals surface area contributed by atoms with Crippen LogP contribution >= 0.6 is 0 Å². The molecule has 7 nitrogen and oxygen atoms in total. The summed E-state index contributed by atoms with van der Waals surface area (Å²) in [4.78, 5) is 39.2. The molecule has 3 aliphatic rings. The first-order chi connectivity index (χ1) is 16.9. The van der Waals surface area contributed by atoms with Gasteiger partial charge in [-0.1, -0.05) is 55.0 Å². The number of carbonyl (C=O) groups is 3. The van der Waals surface area contributed by atoms with Crippen molar-refractivity contribution in [3.05, 3.63) is 59.7 Å². The van der Waals surface area contributed by atoms with E-state index in [2.05, 4.69) is 29.6 Å². The topological polar surface area (TPSA) is 95.9 Å². The van der Waals surface area contributed by atoms with Gasteiger partial charge >= 0.3 is 12.1 Å². The number of ether oxygens (including phenoxy) is 1. The van der Waals surface area contributed by atoms with Crippen LogP contribution in [0.4, 0.5) is 4.79 Å². The second kappa shape index (κ2) is 9.36. The molecule has 2 fully saturated rings. The molecule has 1 heterocycles. The fourth-order valence-corrected chi connectivity index (χ4v) is 6.21. The van der Waals surface area contributed by atoms with Gasteiger partial charge in [0.05, 0.1) is 0 Å². The Morgan fingerprint density at radius 1 is 1.03 bits per heavy atom. The maximum Gasteiger partial charge on any atom is 0.407 e. The highest BCUT2D eigenvalue weighted by molar-refractivity contribution is 5.89. The zero-order valence-electron chi connectivity index (χ0n) is 20.0. The number of likely N-dealkylation sites (tertiary alicyclic amines) is 1. The lowest BCUT2D eigenvalue weighted by Crippen LogP contribution is -2.53. The third kappa shape index (κ3) is 4.17. The van der Waals surface area contributed by atoms with Gasteiger partial charge in [0.1, 0.15) is 12.1 Å². The molecular formula is C28H32N2O5. The summed E-state index contributed by atoms with van der Waals surface area (Å²) in [5.74, 6) is -1.32. The molecule has 2 aromatic carbocycles. The van der Waals surface area contributed by atoms with Crippen LogP contribution in [0.15, 0.2) is 48.5 Å². The van der Waals surface area contributed by atoms with Gasteiger partial charge in [-0.15, -0.1) is 0 Å². The summed E-state index contributed by atoms with van der Waals surface area (Å²) < 4.78 is 5.64. The van der Waals surface area contributed by atoms with E-state index in [0.717, 1.165) is 30.4 Å². The van der Waals surface area contributed by atoms with Gasteiger partial charge in [0, 0.05) is 24.9 Å². The quantitative estimate of drug-likeness (QED) is 0.644. The van der Waals surface area contributed by atoms with E-state index in [1.54, 1.807) is 11.8 Å². The van der Waals surface area contributed by atoms with Gasteiger partial charge in [0.15, 0.2) is 0 Å². The third-order valence-corrected chi connectivity index (χ3v) is 8.20.